The van der Waals surface area contributed by atoms with Gasteiger partial charge in [-0.1, -0.05) is 19.4 Å². The topological polar surface area (TPSA) is 37.4 Å². The van der Waals surface area contributed by atoms with Crippen molar-refractivity contribution in [1.82, 2.24) is 4.90 Å². The summed E-state index contributed by atoms with van der Waals surface area (Å²) in [5, 5.41) is 0. The van der Waals surface area contributed by atoms with Crippen molar-refractivity contribution in [3.8, 4) is 0 Å². The molecule has 20 heavy (non-hydrogen) atoms. The second-order valence-corrected chi connectivity index (χ2v) is 6.08. The maximum atomic E-state index is 12.0. The SMILES string of the molecule is C/C(C=O)=C\CCC(C)CCCC(=O)N1CCCCC1. The van der Waals surface area contributed by atoms with E-state index in [9.17, 15) is 9.59 Å². The number of allylic oxidation sites excluding steroid dienone is 2. The lowest BCUT2D eigenvalue weighted by Crippen LogP contribution is -2.35. The van der Waals surface area contributed by atoms with Gasteiger partial charge in [-0.2, -0.15) is 0 Å². The van der Waals surface area contributed by atoms with Crippen LogP contribution in [-0.4, -0.2) is 30.2 Å². The minimum Gasteiger partial charge on any atom is -0.343 e. The minimum absolute atomic E-state index is 0.341. The number of likely N-dealkylation sites (tertiary alicyclic amines) is 1. The highest BCUT2D eigenvalue weighted by molar-refractivity contribution is 5.76. The van der Waals surface area contributed by atoms with Crippen molar-refractivity contribution >= 4 is 12.2 Å². The third-order valence-corrected chi connectivity index (χ3v) is 4.11. The first-order valence-electron chi connectivity index (χ1n) is 8.03. The molecule has 3 nitrogen and oxygen atoms in total. The molecule has 1 atom stereocenters. The van der Waals surface area contributed by atoms with Gasteiger partial charge < -0.3 is 4.90 Å². The first kappa shape index (κ1) is 16.9. The molecule has 1 aliphatic rings. The molecule has 0 bridgehead atoms. The van der Waals surface area contributed by atoms with Crippen molar-refractivity contribution < 1.29 is 9.59 Å². The van der Waals surface area contributed by atoms with Crippen LogP contribution in [0.3, 0.4) is 0 Å². The van der Waals surface area contributed by atoms with E-state index in [0.717, 1.165) is 50.6 Å². The maximum Gasteiger partial charge on any atom is 0.222 e. The summed E-state index contributed by atoms with van der Waals surface area (Å²) < 4.78 is 0. The van der Waals surface area contributed by atoms with Crippen molar-refractivity contribution in [3.05, 3.63) is 11.6 Å². The van der Waals surface area contributed by atoms with Gasteiger partial charge in [-0.3, -0.25) is 9.59 Å². The largest absolute Gasteiger partial charge is 0.343 e. The molecule has 1 saturated heterocycles. The zero-order valence-electron chi connectivity index (χ0n) is 13.1. The van der Waals surface area contributed by atoms with Crippen molar-refractivity contribution in [1.29, 1.82) is 0 Å². The zero-order valence-corrected chi connectivity index (χ0v) is 13.1. The van der Waals surface area contributed by atoms with Crippen LogP contribution in [0.25, 0.3) is 0 Å². The van der Waals surface area contributed by atoms with Crippen LogP contribution in [0, 0.1) is 5.92 Å². The first-order valence-corrected chi connectivity index (χ1v) is 8.03. The fourth-order valence-electron chi connectivity index (χ4n) is 2.69. The average Bonchev–Trinajstić information content (AvgIpc) is 2.47. The van der Waals surface area contributed by atoms with Gasteiger partial charge in [-0.25, -0.2) is 0 Å². The van der Waals surface area contributed by atoms with Gasteiger partial charge >= 0.3 is 0 Å². The van der Waals surface area contributed by atoms with Crippen LogP contribution in [0.15, 0.2) is 11.6 Å². The van der Waals surface area contributed by atoms with E-state index in [-0.39, 0.29) is 0 Å². The molecule has 0 aliphatic carbocycles. The number of carbonyl (C=O) groups is 2. The van der Waals surface area contributed by atoms with E-state index in [1.165, 1.54) is 19.3 Å². The standard InChI is InChI=1S/C17H29NO2/c1-15(8-6-10-16(2)14-19)9-7-11-17(20)18-12-4-3-5-13-18/h10,14-15H,3-9,11-13H2,1-2H3/b16-10+. The second kappa shape index (κ2) is 9.73. The molecular formula is C17H29NO2. The van der Waals surface area contributed by atoms with Gasteiger partial charge in [0.2, 0.25) is 5.91 Å². The van der Waals surface area contributed by atoms with Gasteiger partial charge in [0.25, 0.3) is 0 Å². The molecule has 1 unspecified atom stereocenters. The predicted molar refractivity (Wildman–Crippen MR) is 82.5 cm³/mol. The van der Waals surface area contributed by atoms with E-state index >= 15 is 0 Å². The molecule has 114 valence electrons. The number of rotatable bonds is 8. The van der Waals surface area contributed by atoms with Crippen LogP contribution < -0.4 is 0 Å². The van der Waals surface area contributed by atoms with Crippen LogP contribution in [0.5, 0.6) is 0 Å². The zero-order chi connectivity index (χ0) is 14.8. The molecule has 3 heteroatoms. The van der Waals surface area contributed by atoms with E-state index in [2.05, 4.69) is 6.92 Å². The Morgan fingerprint density at radius 3 is 2.55 bits per heavy atom. The highest BCUT2D eigenvalue weighted by atomic mass is 16.2. The van der Waals surface area contributed by atoms with E-state index in [1.807, 2.05) is 17.9 Å². The number of aldehydes is 1. The highest BCUT2D eigenvalue weighted by Crippen LogP contribution is 2.17. The number of nitrogens with zero attached hydrogens (tertiary/aromatic N) is 1. The smallest absolute Gasteiger partial charge is 0.222 e. The molecular weight excluding hydrogens is 250 g/mol. The van der Waals surface area contributed by atoms with Crippen molar-refractivity contribution in [2.75, 3.05) is 13.1 Å². The molecule has 0 aromatic heterocycles. The molecule has 1 fully saturated rings. The number of hydrogen-bond donors (Lipinski definition) is 0. The molecule has 0 N–H and O–H groups in total. The first-order chi connectivity index (χ1) is 9.63. The lowest BCUT2D eigenvalue weighted by Gasteiger charge is -2.26. The van der Waals surface area contributed by atoms with E-state index < -0.39 is 0 Å². The van der Waals surface area contributed by atoms with Gasteiger partial charge in [0.15, 0.2) is 0 Å². The van der Waals surface area contributed by atoms with E-state index in [1.54, 1.807) is 0 Å². The molecule has 1 heterocycles. The Labute approximate surface area is 123 Å². The third-order valence-electron chi connectivity index (χ3n) is 4.11. The molecule has 0 spiro atoms. The normalized spacial score (nSPS) is 17.9. The average molecular weight is 279 g/mol. The number of hydrogen-bond acceptors (Lipinski definition) is 2. The van der Waals surface area contributed by atoms with Gasteiger partial charge in [-0.05, 0) is 56.9 Å². The van der Waals surface area contributed by atoms with Crippen LogP contribution >= 0.6 is 0 Å². The summed E-state index contributed by atoms with van der Waals surface area (Å²) in [6.45, 7) is 6.00. The Hall–Kier alpha value is -1.12. The van der Waals surface area contributed by atoms with Gasteiger partial charge in [0, 0.05) is 19.5 Å². The van der Waals surface area contributed by atoms with E-state index in [4.69, 9.17) is 0 Å². The van der Waals surface area contributed by atoms with E-state index in [0.29, 0.717) is 18.2 Å². The minimum atomic E-state index is 0.341. The van der Waals surface area contributed by atoms with Crippen LogP contribution in [-0.2, 0) is 9.59 Å². The summed E-state index contributed by atoms with van der Waals surface area (Å²) in [6.07, 6.45) is 11.4. The number of piperidine rings is 1. The molecule has 1 amide bonds. The second-order valence-electron chi connectivity index (χ2n) is 6.08. The lowest BCUT2D eigenvalue weighted by molar-refractivity contribution is -0.132. The van der Waals surface area contributed by atoms with Crippen molar-refractivity contribution in [2.24, 2.45) is 5.92 Å². The molecule has 0 aromatic carbocycles. The summed E-state index contributed by atoms with van der Waals surface area (Å²) >= 11 is 0. The van der Waals surface area contributed by atoms with Crippen LogP contribution in [0.4, 0.5) is 0 Å². The number of amides is 1. The number of carbonyl (C=O) groups excluding carboxylic acids is 2. The van der Waals surface area contributed by atoms with Gasteiger partial charge in [0.05, 0.1) is 0 Å². The maximum absolute atomic E-state index is 12.0. The Balaban J connectivity index is 2.10. The Morgan fingerprint density at radius 1 is 1.20 bits per heavy atom. The van der Waals surface area contributed by atoms with Crippen LogP contribution in [0.1, 0.15) is 65.2 Å². The molecule has 1 rings (SSSR count). The lowest BCUT2D eigenvalue weighted by atomic mass is 9.98. The summed E-state index contributed by atoms with van der Waals surface area (Å²) in [5.74, 6) is 0.966. The predicted octanol–water partition coefficient (Wildman–Crippen LogP) is 3.73. The summed E-state index contributed by atoms with van der Waals surface area (Å²) in [7, 11) is 0. The fraction of sp³-hybridized carbons (Fsp3) is 0.765. The molecule has 1 aliphatic heterocycles. The summed E-state index contributed by atoms with van der Waals surface area (Å²) in [4.78, 5) is 24.5. The summed E-state index contributed by atoms with van der Waals surface area (Å²) in [5.41, 5.74) is 0.817. The van der Waals surface area contributed by atoms with Crippen molar-refractivity contribution in [3.63, 3.8) is 0 Å². The molecule has 0 aromatic rings. The van der Waals surface area contributed by atoms with Gasteiger partial charge in [-0.15, -0.1) is 0 Å². The molecule has 0 radical (unpaired) electrons. The van der Waals surface area contributed by atoms with Crippen molar-refractivity contribution in [2.45, 2.75) is 65.2 Å². The Morgan fingerprint density at radius 2 is 1.90 bits per heavy atom. The monoisotopic (exact) mass is 279 g/mol. The highest BCUT2D eigenvalue weighted by Gasteiger charge is 2.15. The molecule has 0 saturated carbocycles. The van der Waals surface area contributed by atoms with Gasteiger partial charge in [0.1, 0.15) is 6.29 Å². The Bertz CT molecular complexity index is 330. The summed E-state index contributed by atoms with van der Waals surface area (Å²) in [6, 6.07) is 0. The third kappa shape index (κ3) is 6.88. The quantitative estimate of drug-likeness (QED) is 0.501. The Kier molecular flexibility index (Phi) is 8.24. The van der Waals surface area contributed by atoms with Crippen LogP contribution in [0.2, 0.25) is 0 Å². The fourth-order valence-corrected chi connectivity index (χ4v) is 2.69.